The Kier molecular flexibility index (Phi) is 7.02. The number of aliphatic carboxylic acids is 1. The molecule has 1 saturated heterocycles. The van der Waals surface area contributed by atoms with Crippen LogP contribution >= 0.6 is 0 Å². The number of imidazole rings is 1. The van der Waals surface area contributed by atoms with Crippen LogP contribution in [0.2, 0.25) is 0 Å². The van der Waals surface area contributed by atoms with E-state index < -0.39 is 11.5 Å². The number of benzene rings is 1. The van der Waals surface area contributed by atoms with Crippen molar-refractivity contribution in [1.29, 1.82) is 0 Å². The van der Waals surface area contributed by atoms with Gasteiger partial charge in [0.1, 0.15) is 17.9 Å². The minimum Gasteiger partial charge on any atom is -0.481 e. The van der Waals surface area contributed by atoms with Gasteiger partial charge in [0, 0.05) is 37.8 Å². The molecule has 0 aliphatic carbocycles. The number of amides is 3. The van der Waals surface area contributed by atoms with Crippen molar-refractivity contribution in [2.45, 2.75) is 65.1 Å². The van der Waals surface area contributed by atoms with Gasteiger partial charge in [-0.2, -0.15) is 0 Å². The molecule has 11 nitrogen and oxygen atoms in total. The number of carboxylic acids is 1. The molecule has 0 spiro atoms. The van der Waals surface area contributed by atoms with Crippen LogP contribution in [-0.4, -0.2) is 55.5 Å². The zero-order valence-corrected chi connectivity index (χ0v) is 20.5. The zero-order valence-electron chi connectivity index (χ0n) is 20.5. The van der Waals surface area contributed by atoms with Crippen LogP contribution in [0.15, 0.2) is 24.3 Å². The molecule has 1 aliphatic rings. The van der Waals surface area contributed by atoms with Crippen molar-refractivity contribution >= 4 is 51.4 Å². The predicted octanol–water partition coefficient (Wildman–Crippen LogP) is 2.53. The van der Waals surface area contributed by atoms with Crippen LogP contribution in [-0.2, 0) is 37.1 Å². The van der Waals surface area contributed by atoms with Gasteiger partial charge in [-0.3, -0.25) is 19.2 Å². The molecule has 190 valence electrons. The van der Waals surface area contributed by atoms with E-state index in [1.54, 1.807) is 0 Å². The number of para-hydroxylation sites is 1. The van der Waals surface area contributed by atoms with Crippen molar-refractivity contribution in [3.05, 3.63) is 30.1 Å². The first-order valence-corrected chi connectivity index (χ1v) is 11.9. The molecule has 0 atom stereocenters. The minimum atomic E-state index is -1.04. The van der Waals surface area contributed by atoms with E-state index in [9.17, 15) is 19.2 Å². The highest BCUT2D eigenvalue weighted by atomic mass is 16.5. The third-order valence-electron chi connectivity index (χ3n) is 5.94. The number of carbonyl (C=O) groups excluding carboxylic acids is 3. The third kappa shape index (κ3) is 5.06. The van der Waals surface area contributed by atoms with E-state index >= 15 is 0 Å². The summed E-state index contributed by atoms with van der Waals surface area (Å²) < 4.78 is 7.58. The SMILES string of the molecule is CCOCc1nc2c(N3C(=O)CCC3=O)nc3ccccc3c2n1CC(C)(C)NC(=O)CCC(=O)O. The van der Waals surface area contributed by atoms with E-state index in [4.69, 9.17) is 14.8 Å². The maximum absolute atomic E-state index is 12.6. The van der Waals surface area contributed by atoms with Crippen LogP contribution in [0.3, 0.4) is 0 Å². The number of hydrogen-bond donors (Lipinski definition) is 2. The fourth-order valence-electron chi connectivity index (χ4n) is 4.40. The van der Waals surface area contributed by atoms with E-state index in [1.165, 1.54) is 0 Å². The molecular weight excluding hydrogens is 466 g/mol. The van der Waals surface area contributed by atoms with Crippen molar-refractivity contribution in [3.8, 4) is 0 Å². The molecule has 3 aromatic rings. The summed E-state index contributed by atoms with van der Waals surface area (Å²) in [5.74, 6) is -1.32. The van der Waals surface area contributed by atoms with Gasteiger partial charge in [0.2, 0.25) is 17.7 Å². The summed E-state index contributed by atoms with van der Waals surface area (Å²) in [5.41, 5.74) is 0.888. The fourth-order valence-corrected chi connectivity index (χ4v) is 4.40. The Labute approximate surface area is 207 Å². The number of ether oxygens (including phenoxy) is 1. The summed E-state index contributed by atoms with van der Waals surface area (Å²) in [5, 5.41) is 12.6. The lowest BCUT2D eigenvalue weighted by Gasteiger charge is -2.28. The van der Waals surface area contributed by atoms with E-state index in [0.717, 1.165) is 10.3 Å². The number of fused-ring (bicyclic) bond motifs is 3. The number of carbonyl (C=O) groups is 4. The molecular formula is C25H29N5O6. The summed E-state index contributed by atoms with van der Waals surface area (Å²) in [6, 6.07) is 7.39. The van der Waals surface area contributed by atoms with Gasteiger partial charge >= 0.3 is 5.97 Å². The Morgan fingerprint density at radius 2 is 1.81 bits per heavy atom. The van der Waals surface area contributed by atoms with Crippen LogP contribution in [0.4, 0.5) is 5.82 Å². The van der Waals surface area contributed by atoms with E-state index in [1.807, 2.05) is 49.6 Å². The number of nitrogens with one attached hydrogen (secondary N) is 1. The monoisotopic (exact) mass is 495 g/mol. The van der Waals surface area contributed by atoms with Gasteiger partial charge in [-0.15, -0.1) is 0 Å². The molecule has 0 unspecified atom stereocenters. The maximum Gasteiger partial charge on any atom is 0.303 e. The van der Waals surface area contributed by atoms with Gasteiger partial charge in [0.15, 0.2) is 5.82 Å². The standard InChI is InChI=1S/C25H29N5O6/c1-4-36-13-17-27-22-23(29(17)14-25(2,3)28-18(31)9-12-21(34)35)15-7-5-6-8-16(15)26-24(22)30-19(32)10-11-20(30)33/h5-8H,4,9-14H2,1-3H3,(H,28,31)(H,34,35). The van der Waals surface area contributed by atoms with Gasteiger partial charge in [-0.05, 0) is 26.8 Å². The number of anilines is 1. The van der Waals surface area contributed by atoms with Crippen LogP contribution in [0.1, 0.15) is 52.3 Å². The second-order valence-corrected chi connectivity index (χ2v) is 9.35. The highest BCUT2D eigenvalue weighted by Crippen LogP contribution is 2.35. The van der Waals surface area contributed by atoms with Crippen molar-refractivity contribution < 1.29 is 29.0 Å². The average molecular weight is 496 g/mol. The second kappa shape index (κ2) is 10.0. The van der Waals surface area contributed by atoms with Gasteiger partial charge in [0.25, 0.3) is 0 Å². The maximum atomic E-state index is 12.6. The van der Waals surface area contributed by atoms with Crippen LogP contribution in [0, 0.1) is 0 Å². The van der Waals surface area contributed by atoms with Gasteiger partial charge in [0.05, 0.1) is 23.0 Å². The topological polar surface area (TPSA) is 144 Å². The molecule has 36 heavy (non-hydrogen) atoms. The molecule has 4 rings (SSSR count). The molecule has 0 radical (unpaired) electrons. The summed E-state index contributed by atoms with van der Waals surface area (Å²) in [6.07, 6.45) is -0.151. The molecule has 11 heteroatoms. The molecule has 3 heterocycles. The smallest absolute Gasteiger partial charge is 0.303 e. The van der Waals surface area contributed by atoms with E-state index in [0.29, 0.717) is 29.0 Å². The molecule has 2 aromatic heterocycles. The fraction of sp³-hybridized carbons (Fsp3) is 0.440. The first-order valence-electron chi connectivity index (χ1n) is 11.9. The van der Waals surface area contributed by atoms with Crippen molar-refractivity contribution in [2.24, 2.45) is 0 Å². The average Bonchev–Trinajstić information content (AvgIpc) is 3.34. The van der Waals surface area contributed by atoms with Crippen molar-refractivity contribution in [1.82, 2.24) is 19.9 Å². The first-order chi connectivity index (χ1) is 17.1. The Morgan fingerprint density at radius 3 is 2.47 bits per heavy atom. The lowest BCUT2D eigenvalue weighted by Crippen LogP contribution is -2.46. The van der Waals surface area contributed by atoms with Crippen molar-refractivity contribution in [2.75, 3.05) is 11.5 Å². The highest BCUT2D eigenvalue weighted by molar-refractivity contribution is 6.23. The summed E-state index contributed by atoms with van der Waals surface area (Å²) >= 11 is 0. The summed E-state index contributed by atoms with van der Waals surface area (Å²) in [4.78, 5) is 59.0. The first kappa shape index (κ1) is 25.2. The van der Waals surface area contributed by atoms with Gasteiger partial charge in [-0.1, -0.05) is 18.2 Å². The second-order valence-electron chi connectivity index (χ2n) is 9.35. The number of nitrogens with zero attached hydrogens (tertiary/aromatic N) is 4. The van der Waals surface area contributed by atoms with Crippen LogP contribution in [0.5, 0.6) is 0 Å². The number of rotatable bonds is 10. The predicted molar refractivity (Wildman–Crippen MR) is 131 cm³/mol. The van der Waals surface area contributed by atoms with E-state index in [-0.39, 0.29) is 62.4 Å². The van der Waals surface area contributed by atoms with Gasteiger partial charge in [-0.25, -0.2) is 14.9 Å². The molecule has 1 fully saturated rings. The zero-order chi connectivity index (χ0) is 26.0. The Bertz CT molecular complexity index is 1350. The normalized spacial score (nSPS) is 14.2. The van der Waals surface area contributed by atoms with Crippen molar-refractivity contribution in [3.63, 3.8) is 0 Å². The lowest BCUT2D eigenvalue weighted by molar-refractivity contribution is -0.139. The number of aromatic nitrogens is 3. The number of carboxylic acid groups (broad SMARTS) is 1. The van der Waals surface area contributed by atoms with E-state index in [2.05, 4.69) is 10.3 Å². The largest absolute Gasteiger partial charge is 0.481 e. The molecule has 1 aromatic carbocycles. The molecule has 0 saturated carbocycles. The number of imide groups is 1. The summed E-state index contributed by atoms with van der Waals surface area (Å²) in [7, 11) is 0. The summed E-state index contributed by atoms with van der Waals surface area (Å²) in [6.45, 7) is 6.43. The Hall–Kier alpha value is -3.86. The quantitative estimate of drug-likeness (QED) is 0.408. The number of hydrogen-bond acceptors (Lipinski definition) is 7. The lowest BCUT2D eigenvalue weighted by atomic mass is 10.0. The third-order valence-corrected chi connectivity index (χ3v) is 5.94. The molecule has 0 bridgehead atoms. The Morgan fingerprint density at radius 1 is 1.11 bits per heavy atom. The van der Waals surface area contributed by atoms with Crippen LogP contribution < -0.4 is 10.2 Å². The van der Waals surface area contributed by atoms with Crippen LogP contribution in [0.25, 0.3) is 21.9 Å². The molecule has 1 aliphatic heterocycles. The number of pyridine rings is 1. The highest BCUT2D eigenvalue weighted by Gasteiger charge is 2.35. The molecule has 3 amide bonds. The van der Waals surface area contributed by atoms with Gasteiger partial charge < -0.3 is 19.7 Å². The Balaban J connectivity index is 1.86. The minimum absolute atomic E-state index is 0.122. The molecule has 2 N–H and O–H groups in total.